The van der Waals surface area contributed by atoms with Gasteiger partial charge in [0.2, 0.25) is 0 Å². The molecule has 0 saturated carbocycles. The first kappa shape index (κ1) is 15.6. The van der Waals surface area contributed by atoms with E-state index in [1.54, 1.807) is 11.6 Å². The molecule has 0 aliphatic rings. The molecular formula is C15H18F3N3. The van der Waals surface area contributed by atoms with Crippen LogP contribution in [0.25, 0.3) is 11.3 Å². The number of nitrogens with zero attached hydrogens (tertiary/aromatic N) is 2. The largest absolute Gasteiger partial charge is 0.324 e. The Kier molecular flexibility index (Phi) is 3.84. The maximum atomic E-state index is 14.1. The summed E-state index contributed by atoms with van der Waals surface area (Å²) in [6, 6.07) is 0.967. The molecule has 0 unspecified atom stereocenters. The Labute approximate surface area is 121 Å². The average molecular weight is 297 g/mol. The van der Waals surface area contributed by atoms with Crippen LogP contribution in [0.2, 0.25) is 0 Å². The molecule has 0 saturated heterocycles. The Balaban J connectivity index is 2.78. The van der Waals surface area contributed by atoms with Crippen LogP contribution in [-0.2, 0) is 5.54 Å². The number of halogens is 3. The molecule has 0 amide bonds. The number of hydrogen-bond donors (Lipinski definition) is 1. The Morgan fingerprint density at radius 1 is 1.10 bits per heavy atom. The van der Waals surface area contributed by atoms with E-state index in [9.17, 15) is 13.2 Å². The predicted molar refractivity (Wildman–Crippen MR) is 75.1 cm³/mol. The molecule has 2 rings (SSSR count). The van der Waals surface area contributed by atoms with Gasteiger partial charge in [-0.3, -0.25) is 4.68 Å². The highest BCUT2D eigenvalue weighted by molar-refractivity contribution is 5.65. The molecule has 0 bridgehead atoms. The van der Waals surface area contributed by atoms with Gasteiger partial charge in [-0.1, -0.05) is 0 Å². The van der Waals surface area contributed by atoms with Crippen LogP contribution in [0.15, 0.2) is 18.3 Å². The van der Waals surface area contributed by atoms with Crippen LogP contribution in [-0.4, -0.2) is 9.78 Å². The van der Waals surface area contributed by atoms with Gasteiger partial charge in [0.25, 0.3) is 0 Å². The molecule has 0 fully saturated rings. The number of rotatable bonds is 2. The van der Waals surface area contributed by atoms with Crippen LogP contribution in [0.1, 0.15) is 39.3 Å². The third-order valence-corrected chi connectivity index (χ3v) is 3.19. The van der Waals surface area contributed by atoms with Crippen LogP contribution in [0.4, 0.5) is 13.2 Å². The Morgan fingerprint density at radius 3 is 2.19 bits per heavy atom. The predicted octanol–water partition coefficient (Wildman–Crippen LogP) is 3.74. The average Bonchev–Trinajstić information content (AvgIpc) is 2.78. The molecular weight excluding hydrogens is 279 g/mol. The molecule has 0 aliphatic carbocycles. The maximum absolute atomic E-state index is 14.1. The first-order valence-electron chi connectivity index (χ1n) is 6.62. The molecule has 0 spiro atoms. The number of aromatic nitrogens is 2. The Morgan fingerprint density at radius 2 is 1.67 bits per heavy atom. The van der Waals surface area contributed by atoms with E-state index < -0.39 is 29.0 Å². The third-order valence-electron chi connectivity index (χ3n) is 3.19. The minimum atomic E-state index is -1.22. The van der Waals surface area contributed by atoms with E-state index in [1.165, 1.54) is 6.20 Å². The van der Waals surface area contributed by atoms with Gasteiger partial charge in [-0.25, -0.2) is 13.2 Å². The first-order valence-corrected chi connectivity index (χ1v) is 6.62. The lowest BCUT2D eigenvalue weighted by atomic mass is 10.0. The monoisotopic (exact) mass is 297 g/mol. The summed E-state index contributed by atoms with van der Waals surface area (Å²) in [5, 5.41) is 4.23. The summed E-state index contributed by atoms with van der Waals surface area (Å²) in [7, 11) is 0. The van der Waals surface area contributed by atoms with Gasteiger partial charge in [0.05, 0.1) is 17.4 Å². The maximum Gasteiger partial charge on any atom is 0.161 e. The molecule has 1 atom stereocenters. The van der Waals surface area contributed by atoms with Crippen molar-refractivity contribution >= 4 is 0 Å². The molecule has 6 heteroatoms. The van der Waals surface area contributed by atoms with Gasteiger partial charge in [0.15, 0.2) is 11.6 Å². The fourth-order valence-corrected chi connectivity index (χ4v) is 2.18. The second-order valence-electron chi connectivity index (χ2n) is 6.07. The number of benzene rings is 1. The zero-order chi connectivity index (χ0) is 15.9. The SMILES string of the molecule is C[C@@H](N)c1cnn(C(C)(C)C)c1-c1cc(F)c(F)cc1F. The molecule has 1 heterocycles. The highest BCUT2D eigenvalue weighted by atomic mass is 19.2. The molecule has 21 heavy (non-hydrogen) atoms. The molecule has 2 aromatic rings. The van der Waals surface area contributed by atoms with E-state index in [0.717, 1.165) is 6.07 Å². The minimum Gasteiger partial charge on any atom is -0.324 e. The van der Waals surface area contributed by atoms with Crippen LogP contribution in [0.5, 0.6) is 0 Å². The summed E-state index contributed by atoms with van der Waals surface area (Å²) in [5.41, 5.74) is 6.32. The van der Waals surface area contributed by atoms with Crippen molar-refractivity contribution in [3.8, 4) is 11.3 Å². The summed E-state index contributed by atoms with van der Waals surface area (Å²) in [5.74, 6) is -3.18. The van der Waals surface area contributed by atoms with E-state index in [2.05, 4.69) is 5.10 Å². The van der Waals surface area contributed by atoms with Gasteiger partial charge in [-0.15, -0.1) is 0 Å². The molecule has 0 aliphatic heterocycles. The van der Waals surface area contributed by atoms with Crippen molar-refractivity contribution in [3.05, 3.63) is 41.3 Å². The quantitative estimate of drug-likeness (QED) is 0.858. The number of hydrogen-bond acceptors (Lipinski definition) is 2. The van der Waals surface area contributed by atoms with E-state index in [0.29, 0.717) is 17.3 Å². The summed E-state index contributed by atoms with van der Waals surface area (Å²) >= 11 is 0. The molecule has 1 aromatic carbocycles. The highest BCUT2D eigenvalue weighted by Crippen LogP contribution is 2.34. The van der Waals surface area contributed by atoms with Crippen molar-refractivity contribution in [1.29, 1.82) is 0 Å². The van der Waals surface area contributed by atoms with Crippen LogP contribution >= 0.6 is 0 Å². The molecule has 2 N–H and O–H groups in total. The van der Waals surface area contributed by atoms with Crippen molar-refractivity contribution in [1.82, 2.24) is 9.78 Å². The van der Waals surface area contributed by atoms with Gasteiger partial charge >= 0.3 is 0 Å². The van der Waals surface area contributed by atoms with E-state index in [1.807, 2.05) is 20.8 Å². The zero-order valence-corrected chi connectivity index (χ0v) is 12.4. The van der Waals surface area contributed by atoms with Gasteiger partial charge in [0, 0.05) is 23.2 Å². The van der Waals surface area contributed by atoms with Crippen LogP contribution in [0.3, 0.4) is 0 Å². The molecule has 1 aromatic heterocycles. The van der Waals surface area contributed by atoms with Gasteiger partial charge < -0.3 is 5.73 Å². The third kappa shape index (κ3) is 2.81. The summed E-state index contributed by atoms with van der Waals surface area (Å²) in [4.78, 5) is 0. The second-order valence-corrected chi connectivity index (χ2v) is 6.07. The van der Waals surface area contributed by atoms with Crippen molar-refractivity contribution in [2.75, 3.05) is 0 Å². The minimum absolute atomic E-state index is 0.0476. The molecule has 0 radical (unpaired) electrons. The highest BCUT2D eigenvalue weighted by Gasteiger charge is 2.26. The summed E-state index contributed by atoms with van der Waals surface area (Å²) in [6.45, 7) is 7.37. The Bertz CT molecular complexity index is 670. The van der Waals surface area contributed by atoms with Gasteiger partial charge in [-0.05, 0) is 33.8 Å². The van der Waals surface area contributed by atoms with Gasteiger partial charge in [0.1, 0.15) is 5.82 Å². The fraction of sp³-hybridized carbons (Fsp3) is 0.400. The lowest BCUT2D eigenvalue weighted by Gasteiger charge is -2.24. The van der Waals surface area contributed by atoms with Crippen molar-refractivity contribution in [2.24, 2.45) is 5.73 Å². The number of nitrogens with two attached hydrogens (primary N) is 1. The van der Waals surface area contributed by atoms with Crippen molar-refractivity contribution in [2.45, 2.75) is 39.3 Å². The smallest absolute Gasteiger partial charge is 0.161 e. The van der Waals surface area contributed by atoms with Gasteiger partial charge in [-0.2, -0.15) is 5.10 Å². The lowest BCUT2D eigenvalue weighted by Crippen LogP contribution is -2.24. The standard InChI is InChI=1S/C15H18F3N3/c1-8(19)10-7-20-21(15(2,3)4)14(10)9-5-12(17)13(18)6-11(9)16/h5-8H,19H2,1-4H3/t8-/m1/s1. The summed E-state index contributed by atoms with van der Waals surface area (Å²) < 4.78 is 42.3. The van der Waals surface area contributed by atoms with E-state index >= 15 is 0 Å². The molecule has 3 nitrogen and oxygen atoms in total. The van der Waals surface area contributed by atoms with E-state index in [-0.39, 0.29) is 5.56 Å². The first-order chi connectivity index (χ1) is 9.62. The van der Waals surface area contributed by atoms with Crippen LogP contribution in [0, 0.1) is 17.5 Å². The lowest BCUT2D eigenvalue weighted by molar-refractivity contribution is 0.359. The fourth-order valence-electron chi connectivity index (χ4n) is 2.18. The second kappa shape index (κ2) is 5.18. The van der Waals surface area contributed by atoms with Crippen molar-refractivity contribution in [3.63, 3.8) is 0 Å². The zero-order valence-electron chi connectivity index (χ0n) is 12.4. The molecule has 114 valence electrons. The summed E-state index contributed by atoms with van der Waals surface area (Å²) in [6.07, 6.45) is 1.53. The normalized spacial score (nSPS) is 13.5. The van der Waals surface area contributed by atoms with Crippen molar-refractivity contribution < 1.29 is 13.2 Å². The van der Waals surface area contributed by atoms with E-state index in [4.69, 9.17) is 5.73 Å². The topological polar surface area (TPSA) is 43.8 Å². The Hall–Kier alpha value is -1.82. The van der Waals surface area contributed by atoms with Crippen LogP contribution < -0.4 is 5.73 Å².